The largest absolute Gasteiger partial charge is 0.465 e. The number of carbonyl (C=O) groups is 3. The number of aromatic amines is 2. The summed E-state index contributed by atoms with van der Waals surface area (Å²) in [6.45, 7) is 3.58. The Morgan fingerprint density at radius 2 is 0.750 bits per heavy atom. The summed E-state index contributed by atoms with van der Waals surface area (Å²) in [4.78, 5) is 50.3. The number of hydrogen-bond donors (Lipinski definition) is 6. The summed E-state index contributed by atoms with van der Waals surface area (Å²) in [6, 6.07) is 146. The van der Waals surface area contributed by atoms with Gasteiger partial charge in [-0.1, -0.05) is 394 Å². The van der Waals surface area contributed by atoms with E-state index in [1.165, 1.54) is 68.0 Å². The summed E-state index contributed by atoms with van der Waals surface area (Å²) >= 11 is 0. The van der Waals surface area contributed by atoms with E-state index in [2.05, 4.69) is 390 Å². The molecule has 1 aliphatic heterocycles. The molecule has 20 heteroatoms. The normalized spacial score (nSPS) is 13.8. The molecule has 3 amide bonds. The Balaban J connectivity index is 0.000000150. The van der Waals surface area contributed by atoms with E-state index >= 15 is 0 Å². The molecule has 0 bridgehead atoms. The Kier molecular flexibility index (Phi) is 35.3. The molecule has 648 valence electrons. The van der Waals surface area contributed by atoms with Gasteiger partial charge in [0.25, 0.3) is 5.56 Å². The summed E-state index contributed by atoms with van der Waals surface area (Å²) in [6.07, 6.45) is 1.67. The molecular formula is C108H102N6O8P4PdS. The zero-order valence-corrected chi connectivity index (χ0v) is 76.9. The third-order valence-electron chi connectivity index (χ3n) is 21.9. The molecule has 1 atom stereocenters. The van der Waals surface area contributed by atoms with Gasteiger partial charge in [-0.3, -0.25) is 24.6 Å². The van der Waals surface area contributed by atoms with Crippen molar-refractivity contribution in [3.63, 3.8) is 0 Å². The zero-order valence-electron chi connectivity index (χ0n) is 71.0. The van der Waals surface area contributed by atoms with Gasteiger partial charge < -0.3 is 25.8 Å². The second kappa shape index (κ2) is 48.3. The van der Waals surface area contributed by atoms with E-state index in [4.69, 9.17) is 9.84 Å². The first-order valence-electron chi connectivity index (χ1n) is 42.7. The monoisotopic (exact) mass is 1870 g/mol. The van der Waals surface area contributed by atoms with Crippen LogP contribution in [0, 0.1) is 18.8 Å². The van der Waals surface area contributed by atoms with Crippen molar-refractivity contribution >= 4 is 140 Å². The molecule has 6 N–H and O–H groups in total. The van der Waals surface area contributed by atoms with Gasteiger partial charge >= 0.3 is 6.09 Å². The number of nitrogens with zero attached hydrogens (tertiary/aromatic N) is 1. The fourth-order valence-electron chi connectivity index (χ4n) is 15.5. The fourth-order valence-corrected chi connectivity index (χ4v) is 26.1. The minimum absolute atomic E-state index is 0. The van der Waals surface area contributed by atoms with E-state index in [-0.39, 0.29) is 55.0 Å². The van der Waals surface area contributed by atoms with Gasteiger partial charge in [0.05, 0.1) is 29.0 Å². The molecule has 0 radical (unpaired) electrons. The molecular weight excluding hydrogens is 1770 g/mol. The predicted molar refractivity (Wildman–Crippen MR) is 531 cm³/mol. The second-order valence-electron chi connectivity index (χ2n) is 30.6. The summed E-state index contributed by atoms with van der Waals surface area (Å²) in [5, 5.41) is 39.7. The molecule has 1 aromatic heterocycles. The number of hydrogen-bond acceptors (Lipinski definition) is 7. The van der Waals surface area contributed by atoms with E-state index < -0.39 is 59.8 Å². The van der Waals surface area contributed by atoms with Crippen molar-refractivity contribution in [3.05, 3.63) is 446 Å². The average Bonchev–Trinajstić information content (AvgIpc) is 0.919. The Labute approximate surface area is 769 Å². The number of sulfonamides is 1. The standard InChI is InChI=1S/C36H42N6O8S.4C18H15P.Pd/c1-22-2-12-28(51(48,49)42-14-16-50-17-15-42)20-30(22)25-7-3-23(4-8-25)18-32(35(45)38-27-11-13-29-31(19-27)40-41-34(29)44)39-33(43)26-9-5-24(6-10-26)21-37-36(46)47;4*1-4-10-16(11-5-1)19(17-12-6-2-7-13-17)18-14-8-3-9-15-18;/h2-4,7-8,11-13,19-20,24,26,32,37H,5-6,9-10,14-18,21H2,1H3,(H,38,45)(H,39,43)(H,46,47)(H2,40,41,44);4*1-15H;/t24?,26?,32-;;;;;/m0...../s1. The molecule has 2 fully saturated rings. The van der Waals surface area contributed by atoms with Crippen LogP contribution >= 0.6 is 31.7 Å². The minimum atomic E-state index is -3.69. The molecule has 18 rings (SSSR count). The van der Waals surface area contributed by atoms with Crippen molar-refractivity contribution in [2.75, 3.05) is 38.2 Å². The number of morpholine rings is 1. The Bertz CT molecular complexity index is 5410. The van der Waals surface area contributed by atoms with Crippen molar-refractivity contribution in [3.8, 4) is 11.1 Å². The molecule has 14 nitrogen and oxygen atoms in total. The molecule has 0 unspecified atom stereocenters. The van der Waals surface area contributed by atoms with E-state index in [9.17, 15) is 27.6 Å². The number of aryl methyl sites for hydroxylation is 1. The molecule has 0 spiro atoms. The first-order chi connectivity index (χ1) is 62.3. The predicted octanol–water partition coefficient (Wildman–Crippen LogP) is 17.4. The van der Waals surface area contributed by atoms with E-state index in [0.717, 1.165) is 22.3 Å². The third kappa shape index (κ3) is 26.2. The van der Waals surface area contributed by atoms with Gasteiger partial charge in [0.1, 0.15) is 6.04 Å². The Morgan fingerprint density at radius 1 is 0.422 bits per heavy atom. The number of carboxylic acid groups (broad SMARTS) is 1. The van der Waals surface area contributed by atoms with Crippen LogP contribution < -0.4 is 85.2 Å². The number of rotatable bonds is 23. The molecule has 1 aliphatic carbocycles. The number of aromatic nitrogens is 2. The number of amides is 3. The molecule has 2 heterocycles. The quantitative estimate of drug-likeness (QED) is 0.0268. The number of benzene rings is 15. The summed E-state index contributed by atoms with van der Waals surface area (Å²) in [7, 11) is -5.47. The molecule has 128 heavy (non-hydrogen) atoms. The van der Waals surface area contributed by atoms with Crippen molar-refractivity contribution in [2.24, 2.45) is 11.8 Å². The summed E-state index contributed by atoms with van der Waals surface area (Å²) in [5.41, 5.74) is 3.97. The van der Waals surface area contributed by atoms with Crippen molar-refractivity contribution in [1.82, 2.24) is 25.1 Å². The number of nitrogens with one attached hydrogen (secondary N) is 5. The molecule has 15 aromatic carbocycles. The van der Waals surface area contributed by atoms with Crippen molar-refractivity contribution in [2.45, 2.75) is 50.0 Å². The average molecular weight is 1870 g/mol. The summed E-state index contributed by atoms with van der Waals surface area (Å²) < 4.78 is 33.5. The third-order valence-corrected chi connectivity index (χ3v) is 33.6. The van der Waals surface area contributed by atoms with Crippen LogP contribution in [0.4, 0.5) is 10.5 Å². The van der Waals surface area contributed by atoms with Gasteiger partial charge in [0, 0.05) is 58.1 Å². The maximum absolute atomic E-state index is 13.7. The smallest absolute Gasteiger partial charge is 0.404 e. The van der Waals surface area contributed by atoms with Crippen molar-refractivity contribution < 1.29 is 53.1 Å². The maximum Gasteiger partial charge on any atom is 0.404 e. The van der Waals surface area contributed by atoms with Crippen LogP contribution in [0.3, 0.4) is 0 Å². The van der Waals surface area contributed by atoms with Crippen LogP contribution in [0.5, 0.6) is 0 Å². The first-order valence-corrected chi connectivity index (χ1v) is 49.5. The Morgan fingerprint density at radius 3 is 1.07 bits per heavy atom. The van der Waals surface area contributed by atoms with Gasteiger partial charge in [-0.2, -0.15) is 4.31 Å². The number of ether oxygens (including phenoxy) is 1. The van der Waals surface area contributed by atoms with Gasteiger partial charge in [-0.15, -0.1) is 0 Å². The van der Waals surface area contributed by atoms with Crippen LogP contribution in [0.15, 0.2) is 434 Å². The van der Waals surface area contributed by atoms with Gasteiger partial charge in [-0.05, 0) is 186 Å². The number of anilines is 1. The molecule has 1 saturated carbocycles. The van der Waals surface area contributed by atoms with Crippen molar-refractivity contribution in [1.29, 1.82) is 0 Å². The van der Waals surface area contributed by atoms with Crippen LogP contribution in [0.25, 0.3) is 22.0 Å². The van der Waals surface area contributed by atoms with Gasteiger partial charge in [0.2, 0.25) is 21.8 Å². The van der Waals surface area contributed by atoms with Crippen LogP contribution in [0.1, 0.15) is 36.8 Å². The van der Waals surface area contributed by atoms with Gasteiger partial charge in [-0.25, -0.2) is 13.2 Å². The molecule has 1 saturated heterocycles. The maximum atomic E-state index is 13.7. The molecule has 2 aliphatic rings. The fraction of sp³-hybridized carbons (Fsp3) is 0.130. The van der Waals surface area contributed by atoms with E-state index in [0.29, 0.717) is 75.1 Å². The minimum Gasteiger partial charge on any atom is -0.465 e. The van der Waals surface area contributed by atoms with Crippen LogP contribution in [0.2, 0.25) is 0 Å². The van der Waals surface area contributed by atoms with Crippen LogP contribution in [-0.2, 0) is 51.2 Å². The van der Waals surface area contributed by atoms with Crippen LogP contribution in [-0.4, -0.2) is 84.8 Å². The zero-order chi connectivity index (χ0) is 87.8. The van der Waals surface area contributed by atoms with Gasteiger partial charge in [0.15, 0.2) is 0 Å². The Hall–Kier alpha value is -12.0. The number of H-pyrrole nitrogens is 2. The number of fused-ring (bicyclic) bond motifs is 1. The number of carbonyl (C=O) groups excluding carboxylic acids is 2. The topological polar surface area (TPSA) is 203 Å². The summed E-state index contributed by atoms with van der Waals surface area (Å²) in [5.74, 6) is -0.827. The molecule has 16 aromatic rings. The van der Waals surface area contributed by atoms with E-state index in [1.807, 2.05) is 31.2 Å². The second-order valence-corrected chi connectivity index (χ2v) is 41.4. The SMILES string of the molecule is Cc1ccc(S(=O)(=O)N2CCOCC2)cc1-c1ccc(C[C@H](NC(=O)C2CCC(CNC(=O)O)CC2)C(=O)Nc2ccc3c(=O)[nH][nH]c3c2)cc1.[Pd].c1ccc(P(c2ccccc2)c2ccccc2)cc1.c1ccc(P(c2ccccc2)c2ccccc2)cc1.c1ccc(P(c2ccccc2)c2ccccc2)cc1.c1ccc(P(c2ccccc2)c2ccccc2)cc1. The first kappa shape index (κ1) is 93.7. The van der Waals surface area contributed by atoms with E-state index in [1.54, 1.807) is 36.4 Å².